The Labute approximate surface area is 150 Å². The van der Waals surface area contributed by atoms with Crippen molar-refractivity contribution >= 4 is 23.9 Å². The second-order valence-electron chi connectivity index (χ2n) is 5.42. The molecule has 4 N–H and O–H groups in total. The molecule has 2 atom stereocenters. The molecule has 0 bridgehead atoms. The largest absolute Gasteiger partial charge is 0.469 e. The van der Waals surface area contributed by atoms with Crippen molar-refractivity contribution in [2.45, 2.75) is 31.3 Å². The van der Waals surface area contributed by atoms with Crippen LogP contribution in [-0.4, -0.2) is 50.2 Å². The fourth-order valence-electron chi connectivity index (χ4n) is 2.07. The number of methoxy groups -OCH3 is 2. The van der Waals surface area contributed by atoms with Crippen molar-refractivity contribution in [3.05, 3.63) is 35.4 Å². The molecule has 0 spiro atoms. The third-order valence-corrected chi connectivity index (χ3v) is 3.56. The van der Waals surface area contributed by atoms with Crippen molar-refractivity contribution in [1.82, 2.24) is 0 Å². The Hall–Kier alpha value is -2.78. The lowest BCUT2D eigenvalue weighted by atomic mass is 10.0. The number of carbonyl (C=O) groups is 4. The van der Waals surface area contributed by atoms with Crippen molar-refractivity contribution in [3.8, 4) is 0 Å². The van der Waals surface area contributed by atoms with Crippen LogP contribution >= 0.6 is 0 Å². The number of benzene rings is 1. The average Bonchev–Trinajstić information content (AvgIpc) is 2.65. The van der Waals surface area contributed by atoms with E-state index in [1.54, 1.807) is 18.2 Å². The van der Waals surface area contributed by atoms with Gasteiger partial charge in [-0.25, -0.2) is 14.4 Å². The summed E-state index contributed by atoms with van der Waals surface area (Å²) in [5.74, 6) is -3.07. The molecule has 0 radical (unpaired) electrons. The van der Waals surface area contributed by atoms with E-state index in [1.165, 1.54) is 20.3 Å². The molecule has 0 fully saturated rings. The van der Waals surface area contributed by atoms with E-state index in [4.69, 9.17) is 11.5 Å². The fraction of sp³-hybridized carbons (Fsp3) is 0.412. The van der Waals surface area contributed by atoms with Gasteiger partial charge in [-0.2, -0.15) is 0 Å². The standard InChI is InChI=1S/C17H22N2O7/c1-24-14(20)8-7-12(18)16(22)26-17(23)13(19)9-10-5-3-4-6-11(10)15(21)25-2/h3-6,12-13H,7-9,18-19H2,1-2H3/t12-,13-/m0/s1. The van der Waals surface area contributed by atoms with E-state index in [2.05, 4.69) is 14.2 Å². The van der Waals surface area contributed by atoms with Crippen LogP contribution in [0.5, 0.6) is 0 Å². The Bertz CT molecular complexity index is 675. The maximum absolute atomic E-state index is 12.0. The third kappa shape index (κ3) is 6.26. The predicted molar refractivity (Wildman–Crippen MR) is 89.8 cm³/mol. The molecule has 0 aliphatic heterocycles. The number of nitrogens with two attached hydrogens (primary N) is 2. The Morgan fingerprint density at radius 2 is 1.58 bits per heavy atom. The van der Waals surface area contributed by atoms with E-state index in [9.17, 15) is 19.2 Å². The lowest BCUT2D eigenvalue weighted by molar-refractivity contribution is -0.161. The highest BCUT2D eigenvalue weighted by atomic mass is 16.6. The first kappa shape index (κ1) is 21.3. The summed E-state index contributed by atoms with van der Waals surface area (Å²) in [6.45, 7) is 0. The molecule has 0 aliphatic carbocycles. The summed E-state index contributed by atoms with van der Waals surface area (Å²) in [5, 5.41) is 0. The van der Waals surface area contributed by atoms with Gasteiger partial charge in [-0.1, -0.05) is 18.2 Å². The van der Waals surface area contributed by atoms with Crippen LogP contribution in [0.4, 0.5) is 0 Å². The molecular formula is C17H22N2O7. The summed E-state index contributed by atoms with van der Waals surface area (Å²) < 4.78 is 13.7. The Kier molecular flexibility index (Phi) is 8.40. The summed E-state index contributed by atoms with van der Waals surface area (Å²) in [5.41, 5.74) is 12.1. The number of ether oxygens (including phenoxy) is 3. The molecule has 1 aromatic carbocycles. The van der Waals surface area contributed by atoms with Gasteiger partial charge in [0.2, 0.25) is 0 Å². The second-order valence-corrected chi connectivity index (χ2v) is 5.42. The van der Waals surface area contributed by atoms with Gasteiger partial charge in [0.25, 0.3) is 0 Å². The summed E-state index contributed by atoms with van der Waals surface area (Å²) >= 11 is 0. The van der Waals surface area contributed by atoms with Crippen molar-refractivity contribution in [3.63, 3.8) is 0 Å². The monoisotopic (exact) mass is 366 g/mol. The van der Waals surface area contributed by atoms with Gasteiger partial charge in [0.05, 0.1) is 19.8 Å². The molecule has 9 heteroatoms. The zero-order valence-corrected chi connectivity index (χ0v) is 14.6. The molecule has 0 aromatic heterocycles. The molecule has 0 aliphatic rings. The van der Waals surface area contributed by atoms with Gasteiger partial charge in [0.15, 0.2) is 0 Å². The zero-order chi connectivity index (χ0) is 19.7. The number of carbonyl (C=O) groups excluding carboxylic acids is 4. The van der Waals surface area contributed by atoms with Gasteiger partial charge in [0.1, 0.15) is 12.1 Å². The minimum absolute atomic E-state index is 0.0286. The third-order valence-electron chi connectivity index (χ3n) is 3.56. The van der Waals surface area contributed by atoms with Crippen LogP contribution < -0.4 is 11.5 Å². The number of rotatable bonds is 8. The smallest absolute Gasteiger partial charge is 0.338 e. The predicted octanol–water partition coefficient (Wildman–Crippen LogP) is -0.307. The van der Waals surface area contributed by atoms with E-state index in [0.717, 1.165) is 0 Å². The summed E-state index contributed by atoms with van der Waals surface area (Å²) in [4.78, 5) is 46.5. The molecule has 0 saturated carbocycles. The minimum Gasteiger partial charge on any atom is -0.469 e. The van der Waals surface area contributed by atoms with Crippen molar-refractivity contribution < 1.29 is 33.4 Å². The lowest BCUT2D eigenvalue weighted by Crippen LogP contribution is -2.41. The van der Waals surface area contributed by atoms with E-state index in [-0.39, 0.29) is 24.8 Å². The summed E-state index contributed by atoms with van der Waals surface area (Å²) in [6, 6.07) is 4.12. The molecule has 0 unspecified atom stereocenters. The van der Waals surface area contributed by atoms with Crippen LogP contribution in [0, 0.1) is 0 Å². The normalized spacial score (nSPS) is 12.6. The molecule has 0 amide bonds. The van der Waals surface area contributed by atoms with Crippen molar-refractivity contribution in [1.29, 1.82) is 0 Å². The quantitative estimate of drug-likeness (QED) is 0.359. The molecule has 142 valence electrons. The Balaban J connectivity index is 2.64. The maximum atomic E-state index is 12.0. The number of hydrogen-bond donors (Lipinski definition) is 2. The van der Waals surface area contributed by atoms with Gasteiger partial charge in [-0.05, 0) is 24.5 Å². The molecule has 26 heavy (non-hydrogen) atoms. The van der Waals surface area contributed by atoms with Crippen molar-refractivity contribution in [2.24, 2.45) is 11.5 Å². The molecule has 9 nitrogen and oxygen atoms in total. The average molecular weight is 366 g/mol. The topological polar surface area (TPSA) is 148 Å². The Morgan fingerprint density at radius 1 is 0.962 bits per heavy atom. The summed E-state index contributed by atoms with van der Waals surface area (Å²) in [6.07, 6.45) is -0.145. The SMILES string of the molecule is COC(=O)CC[C@H](N)C(=O)OC(=O)[C@@H](N)Cc1ccccc1C(=O)OC. The maximum Gasteiger partial charge on any atom is 0.338 e. The zero-order valence-electron chi connectivity index (χ0n) is 14.6. The van der Waals surface area contributed by atoms with Crippen LogP contribution in [0.3, 0.4) is 0 Å². The van der Waals surface area contributed by atoms with Gasteiger partial charge in [-0.3, -0.25) is 4.79 Å². The van der Waals surface area contributed by atoms with Crippen LogP contribution in [0.25, 0.3) is 0 Å². The van der Waals surface area contributed by atoms with Crippen LogP contribution in [-0.2, 0) is 35.0 Å². The van der Waals surface area contributed by atoms with Gasteiger partial charge >= 0.3 is 23.9 Å². The van der Waals surface area contributed by atoms with Gasteiger partial charge < -0.3 is 25.7 Å². The molecule has 1 aromatic rings. The first-order valence-electron chi connectivity index (χ1n) is 7.79. The van der Waals surface area contributed by atoms with E-state index in [0.29, 0.717) is 5.56 Å². The minimum atomic E-state index is -1.18. The number of esters is 4. The molecule has 0 heterocycles. The van der Waals surface area contributed by atoms with Crippen LogP contribution in [0.2, 0.25) is 0 Å². The van der Waals surface area contributed by atoms with E-state index >= 15 is 0 Å². The lowest BCUT2D eigenvalue weighted by Gasteiger charge is -2.14. The van der Waals surface area contributed by atoms with Crippen LogP contribution in [0.15, 0.2) is 24.3 Å². The molecule has 1 rings (SSSR count). The van der Waals surface area contributed by atoms with Crippen LogP contribution in [0.1, 0.15) is 28.8 Å². The first-order chi connectivity index (χ1) is 12.3. The molecule has 0 saturated heterocycles. The van der Waals surface area contributed by atoms with Gasteiger partial charge in [0, 0.05) is 6.42 Å². The second kappa shape index (κ2) is 10.3. The highest BCUT2D eigenvalue weighted by Crippen LogP contribution is 2.13. The number of hydrogen-bond acceptors (Lipinski definition) is 9. The van der Waals surface area contributed by atoms with E-state index in [1.807, 2.05) is 0 Å². The van der Waals surface area contributed by atoms with E-state index < -0.39 is 36.0 Å². The summed E-state index contributed by atoms with van der Waals surface area (Å²) in [7, 11) is 2.45. The van der Waals surface area contributed by atoms with Crippen molar-refractivity contribution in [2.75, 3.05) is 14.2 Å². The molecular weight excluding hydrogens is 344 g/mol. The first-order valence-corrected chi connectivity index (χ1v) is 7.79. The highest BCUT2D eigenvalue weighted by Gasteiger charge is 2.25. The van der Waals surface area contributed by atoms with Gasteiger partial charge in [-0.15, -0.1) is 0 Å². The fourth-order valence-corrected chi connectivity index (χ4v) is 2.07. The highest BCUT2D eigenvalue weighted by molar-refractivity contribution is 5.93. The Morgan fingerprint density at radius 3 is 2.19 bits per heavy atom.